The zero-order valence-electron chi connectivity index (χ0n) is 14.7. The Hall–Kier alpha value is -2.18. The molecule has 2 aromatic rings. The fourth-order valence-corrected chi connectivity index (χ4v) is 3.86. The summed E-state index contributed by atoms with van der Waals surface area (Å²) in [5.74, 6) is 0.0630. The zero-order chi connectivity index (χ0) is 17.2. The van der Waals surface area contributed by atoms with Crippen molar-refractivity contribution in [3.05, 3.63) is 52.8 Å². The summed E-state index contributed by atoms with van der Waals surface area (Å²) in [5, 5.41) is 10.7. The molecule has 1 amide bonds. The monoisotopic (exact) mass is 339 g/mol. The normalized spacial score (nSPS) is 21.2. The molecule has 25 heavy (non-hydrogen) atoms. The predicted octanol–water partition coefficient (Wildman–Crippen LogP) is 1.40. The maximum absolute atomic E-state index is 13.0. The fraction of sp³-hybridized carbons (Fsp3) is 0.474. The largest absolute Gasteiger partial charge is 0.332 e. The standard InChI is InChI=1S/C19H25N5O/c1-14-12-23(13-15-5-3-2-4-6-15)9-10-24(14)19(25)18-16-11-20-8-7-17(16)21-22-18/h2-6,14,20H,7-13H2,1H3,(H,21,22). The third-order valence-corrected chi connectivity index (χ3v) is 5.23. The Bertz CT molecular complexity index is 742. The number of aromatic nitrogens is 2. The summed E-state index contributed by atoms with van der Waals surface area (Å²) in [7, 11) is 0. The maximum atomic E-state index is 13.0. The van der Waals surface area contributed by atoms with Crippen LogP contribution in [0.15, 0.2) is 30.3 Å². The molecule has 0 saturated carbocycles. The number of carbonyl (C=O) groups is 1. The molecule has 4 rings (SSSR count). The van der Waals surface area contributed by atoms with Crippen LogP contribution in [0.5, 0.6) is 0 Å². The number of benzene rings is 1. The van der Waals surface area contributed by atoms with Crippen LogP contribution in [0.3, 0.4) is 0 Å². The highest BCUT2D eigenvalue weighted by atomic mass is 16.2. The van der Waals surface area contributed by atoms with E-state index in [9.17, 15) is 4.79 Å². The predicted molar refractivity (Wildman–Crippen MR) is 96.2 cm³/mol. The number of hydrogen-bond acceptors (Lipinski definition) is 4. The van der Waals surface area contributed by atoms with Crippen molar-refractivity contribution in [3.8, 4) is 0 Å². The summed E-state index contributed by atoms with van der Waals surface area (Å²) in [5.41, 5.74) is 4.08. The Morgan fingerprint density at radius 1 is 1.28 bits per heavy atom. The molecule has 2 N–H and O–H groups in total. The van der Waals surface area contributed by atoms with Crippen LogP contribution in [0.4, 0.5) is 0 Å². The first kappa shape index (κ1) is 16.3. The molecule has 2 aliphatic heterocycles. The van der Waals surface area contributed by atoms with Gasteiger partial charge < -0.3 is 10.2 Å². The lowest BCUT2D eigenvalue weighted by Crippen LogP contribution is -2.53. The molecule has 0 radical (unpaired) electrons. The van der Waals surface area contributed by atoms with E-state index >= 15 is 0 Å². The molecule has 1 aromatic heterocycles. The van der Waals surface area contributed by atoms with Gasteiger partial charge in [0, 0.05) is 63.0 Å². The molecule has 1 saturated heterocycles. The van der Waals surface area contributed by atoms with Crippen molar-refractivity contribution in [1.29, 1.82) is 0 Å². The lowest BCUT2D eigenvalue weighted by atomic mass is 10.1. The van der Waals surface area contributed by atoms with Crippen LogP contribution in [0.1, 0.15) is 34.2 Å². The third-order valence-electron chi connectivity index (χ3n) is 5.23. The molecular weight excluding hydrogens is 314 g/mol. The van der Waals surface area contributed by atoms with Crippen molar-refractivity contribution < 1.29 is 4.79 Å². The molecule has 6 heteroatoms. The average molecular weight is 339 g/mol. The fourth-order valence-electron chi connectivity index (χ4n) is 3.86. The summed E-state index contributed by atoms with van der Waals surface area (Å²) < 4.78 is 0. The second-order valence-electron chi connectivity index (χ2n) is 7.02. The van der Waals surface area contributed by atoms with Gasteiger partial charge >= 0.3 is 0 Å². The number of piperazine rings is 1. The number of carbonyl (C=O) groups excluding carboxylic acids is 1. The van der Waals surface area contributed by atoms with Crippen molar-refractivity contribution in [2.45, 2.75) is 32.5 Å². The van der Waals surface area contributed by atoms with Gasteiger partial charge in [-0.1, -0.05) is 30.3 Å². The summed E-state index contributed by atoms with van der Waals surface area (Å²) >= 11 is 0. The molecule has 132 valence electrons. The highest BCUT2D eigenvalue weighted by Gasteiger charge is 2.31. The number of rotatable bonds is 3. The van der Waals surface area contributed by atoms with E-state index in [2.05, 4.69) is 51.6 Å². The number of nitrogens with zero attached hydrogens (tertiary/aromatic N) is 3. The molecule has 2 aliphatic rings. The third kappa shape index (κ3) is 3.32. The molecule has 0 spiro atoms. The van der Waals surface area contributed by atoms with Gasteiger partial charge in [-0.15, -0.1) is 0 Å². The molecule has 0 aliphatic carbocycles. The van der Waals surface area contributed by atoms with Gasteiger partial charge in [-0.2, -0.15) is 5.10 Å². The smallest absolute Gasteiger partial charge is 0.275 e. The Morgan fingerprint density at radius 3 is 2.92 bits per heavy atom. The highest BCUT2D eigenvalue weighted by Crippen LogP contribution is 2.20. The lowest BCUT2D eigenvalue weighted by molar-refractivity contribution is 0.0469. The maximum Gasteiger partial charge on any atom is 0.275 e. The average Bonchev–Trinajstić information content (AvgIpc) is 3.06. The minimum atomic E-state index is 0.0630. The van der Waals surface area contributed by atoms with Crippen LogP contribution in [0.2, 0.25) is 0 Å². The number of fused-ring (bicyclic) bond motifs is 1. The number of H-pyrrole nitrogens is 1. The van der Waals surface area contributed by atoms with Crippen LogP contribution in [0, 0.1) is 0 Å². The minimum absolute atomic E-state index is 0.0630. The first-order valence-corrected chi connectivity index (χ1v) is 9.06. The summed E-state index contributed by atoms with van der Waals surface area (Å²) in [4.78, 5) is 17.4. The quantitative estimate of drug-likeness (QED) is 0.887. The van der Waals surface area contributed by atoms with Crippen molar-refractivity contribution in [2.75, 3.05) is 26.2 Å². The molecule has 6 nitrogen and oxygen atoms in total. The minimum Gasteiger partial charge on any atom is -0.332 e. The van der Waals surface area contributed by atoms with Crippen LogP contribution in [0.25, 0.3) is 0 Å². The molecular formula is C19H25N5O. The molecule has 1 fully saturated rings. The number of nitrogens with one attached hydrogen (secondary N) is 2. The Labute approximate surface area is 148 Å². The molecule has 0 bridgehead atoms. The van der Waals surface area contributed by atoms with Gasteiger partial charge in [0.2, 0.25) is 0 Å². The topological polar surface area (TPSA) is 64.3 Å². The van der Waals surface area contributed by atoms with Gasteiger partial charge in [-0.25, -0.2) is 0 Å². The summed E-state index contributed by atoms with van der Waals surface area (Å²) in [6, 6.07) is 10.7. The van der Waals surface area contributed by atoms with E-state index in [1.807, 2.05) is 11.0 Å². The van der Waals surface area contributed by atoms with E-state index in [0.29, 0.717) is 5.69 Å². The second kappa shape index (κ2) is 6.98. The first-order chi connectivity index (χ1) is 12.2. The van der Waals surface area contributed by atoms with E-state index in [1.54, 1.807) is 0 Å². The van der Waals surface area contributed by atoms with Crippen LogP contribution < -0.4 is 5.32 Å². The van der Waals surface area contributed by atoms with Crippen molar-refractivity contribution in [2.24, 2.45) is 0 Å². The van der Waals surface area contributed by atoms with Crippen LogP contribution in [-0.4, -0.2) is 58.1 Å². The van der Waals surface area contributed by atoms with Gasteiger partial charge in [0.05, 0.1) is 0 Å². The number of hydrogen-bond donors (Lipinski definition) is 2. The molecule has 1 unspecified atom stereocenters. The molecule has 3 heterocycles. The van der Waals surface area contributed by atoms with Gasteiger partial charge in [0.1, 0.15) is 0 Å². The first-order valence-electron chi connectivity index (χ1n) is 9.06. The Balaban J connectivity index is 1.42. The van der Waals surface area contributed by atoms with Crippen molar-refractivity contribution in [1.82, 2.24) is 25.3 Å². The van der Waals surface area contributed by atoms with E-state index < -0.39 is 0 Å². The van der Waals surface area contributed by atoms with Crippen LogP contribution in [-0.2, 0) is 19.5 Å². The van der Waals surface area contributed by atoms with Gasteiger partial charge in [0.25, 0.3) is 5.91 Å². The van der Waals surface area contributed by atoms with E-state index in [-0.39, 0.29) is 11.9 Å². The summed E-state index contributed by atoms with van der Waals surface area (Å²) in [6.07, 6.45) is 0.913. The van der Waals surface area contributed by atoms with E-state index in [4.69, 9.17) is 0 Å². The van der Waals surface area contributed by atoms with E-state index in [1.165, 1.54) is 5.56 Å². The number of amides is 1. The van der Waals surface area contributed by atoms with Crippen LogP contribution >= 0.6 is 0 Å². The zero-order valence-corrected chi connectivity index (χ0v) is 14.7. The molecule has 1 aromatic carbocycles. The highest BCUT2D eigenvalue weighted by molar-refractivity contribution is 5.94. The van der Waals surface area contributed by atoms with Crippen molar-refractivity contribution in [3.63, 3.8) is 0 Å². The number of aromatic amines is 1. The Kier molecular flexibility index (Phi) is 4.55. The van der Waals surface area contributed by atoms with Crippen molar-refractivity contribution >= 4 is 5.91 Å². The Morgan fingerprint density at radius 2 is 2.12 bits per heavy atom. The SMILES string of the molecule is CC1CN(Cc2ccccc2)CCN1C(=O)c1n[nH]c2c1CNCC2. The van der Waals surface area contributed by atoms with E-state index in [0.717, 1.165) is 56.9 Å². The van der Waals surface area contributed by atoms with Gasteiger partial charge in [0.15, 0.2) is 5.69 Å². The van der Waals surface area contributed by atoms with Gasteiger partial charge in [-0.3, -0.25) is 14.8 Å². The van der Waals surface area contributed by atoms with Gasteiger partial charge in [-0.05, 0) is 12.5 Å². The lowest BCUT2D eigenvalue weighted by Gasteiger charge is -2.39. The summed E-state index contributed by atoms with van der Waals surface area (Å²) in [6.45, 7) is 7.29. The molecule has 1 atom stereocenters. The second-order valence-corrected chi connectivity index (χ2v) is 7.02.